The highest BCUT2D eigenvalue weighted by atomic mass is 35.5. The van der Waals surface area contributed by atoms with Crippen LogP contribution in [0.4, 0.5) is 0 Å². The van der Waals surface area contributed by atoms with Gasteiger partial charge in [-0.25, -0.2) is 4.98 Å². The number of aromatic amines is 1. The largest absolute Gasteiger partial charge is 0.306 e. The van der Waals surface area contributed by atoms with E-state index in [-0.39, 0.29) is 5.56 Å². The van der Waals surface area contributed by atoms with Crippen LogP contribution in [0.3, 0.4) is 0 Å². The molecular weight excluding hydrogens is 292 g/mol. The normalized spacial score (nSPS) is 13.8. The van der Waals surface area contributed by atoms with Crippen molar-refractivity contribution < 1.29 is 0 Å². The minimum absolute atomic E-state index is 0.0376. The summed E-state index contributed by atoms with van der Waals surface area (Å²) in [5, 5.41) is 1.42. The molecule has 0 unspecified atom stereocenters. The van der Waals surface area contributed by atoms with E-state index in [1.807, 2.05) is 18.2 Å². The molecule has 3 nitrogen and oxygen atoms in total. The van der Waals surface area contributed by atoms with Crippen LogP contribution in [-0.4, -0.2) is 9.97 Å². The lowest BCUT2D eigenvalue weighted by Crippen LogP contribution is -2.09. The molecule has 3 aromatic rings. The van der Waals surface area contributed by atoms with Crippen molar-refractivity contribution in [2.24, 2.45) is 0 Å². The second-order valence-electron chi connectivity index (χ2n) is 4.96. The molecule has 100 valence electrons. The summed E-state index contributed by atoms with van der Waals surface area (Å²) in [7, 11) is 0. The first-order valence-electron chi connectivity index (χ1n) is 6.53. The van der Waals surface area contributed by atoms with Gasteiger partial charge in [0.2, 0.25) is 0 Å². The number of thiophene rings is 1. The first kappa shape index (κ1) is 12.1. The van der Waals surface area contributed by atoms with Gasteiger partial charge in [-0.05, 0) is 37.0 Å². The van der Waals surface area contributed by atoms with Gasteiger partial charge in [0.05, 0.1) is 5.39 Å². The quantitative estimate of drug-likeness (QED) is 0.743. The Kier molecular flexibility index (Phi) is 2.69. The summed E-state index contributed by atoms with van der Waals surface area (Å²) < 4.78 is 0. The standard InChI is InChI=1S/C15H11ClN2OS/c16-9-4-1-3-8(7-9)13-17-14(19)12-10-5-2-6-11(10)20-15(12)18-13/h1,3-4,7H,2,5-6H2,(H,17,18,19). The van der Waals surface area contributed by atoms with Gasteiger partial charge in [0.1, 0.15) is 10.7 Å². The lowest BCUT2D eigenvalue weighted by molar-refractivity contribution is 0.916. The van der Waals surface area contributed by atoms with Crippen LogP contribution >= 0.6 is 22.9 Å². The summed E-state index contributed by atoms with van der Waals surface area (Å²) >= 11 is 7.65. The van der Waals surface area contributed by atoms with Gasteiger partial charge >= 0.3 is 0 Å². The maximum absolute atomic E-state index is 12.4. The molecule has 0 saturated heterocycles. The van der Waals surface area contributed by atoms with Gasteiger partial charge in [-0.3, -0.25) is 4.79 Å². The van der Waals surface area contributed by atoms with Gasteiger partial charge in [-0.15, -0.1) is 11.3 Å². The van der Waals surface area contributed by atoms with E-state index in [1.165, 1.54) is 10.4 Å². The third-order valence-electron chi connectivity index (χ3n) is 3.67. The highest BCUT2D eigenvalue weighted by Crippen LogP contribution is 2.35. The first-order valence-corrected chi connectivity index (χ1v) is 7.72. The Morgan fingerprint density at radius 3 is 3.05 bits per heavy atom. The van der Waals surface area contributed by atoms with E-state index in [1.54, 1.807) is 17.4 Å². The van der Waals surface area contributed by atoms with Crippen molar-refractivity contribution in [3.8, 4) is 11.4 Å². The van der Waals surface area contributed by atoms with E-state index in [4.69, 9.17) is 11.6 Å². The molecule has 0 atom stereocenters. The summed E-state index contributed by atoms with van der Waals surface area (Å²) in [5.74, 6) is 0.588. The van der Waals surface area contributed by atoms with E-state index in [0.717, 1.165) is 35.0 Å². The van der Waals surface area contributed by atoms with Crippen LogP contribution < -0.4 is 5.56 Å². The summed E-state index contributed by atoms with van der Waals surface area (Å²) in [6, 6.07) is 7.38. The number of aromatic nitrogens is 2. The molecule has 0 spiro atoms. The van der Waals surface area contributed by atoms with Crippen LogP contribution in [0.1, 0.15) is 16.9 Å². The summed E-state index contributed by atoms with van der Waals surface area (Å²) in [6.07, 6.45) is 3.21. The van der Waals surface area contributed by atoms with E-state index >= 15 is 0 Å². The minimum Gasteiger partial charge on any atom is -0.306 e. The van der Waals surface area contributed by atoms with Crippen molar-refractivity contribution in [3.05, 3.63) is 50.1 Å². The Balaban J connectivity index is 1.97. The third kappa shape index (κ3) is 1.79. The fourth-order valence-corrected chi connectivity index (χ4v) is 4.23. The third-order valence-corrected chi connectivity index (χ3v) is 5.09. The number of fused-ring (bicyclic) bond motifs is 3. The molecule has 5 heteroatoms. The molecule has 4 rings (SSSR count). The van der Waals surface area contributed by atoms with E-state index in [2.05, 4.69) is 9.97 Å². The molecule has 1 aliphatic carbocycles. The molecular formula is C15H11ClN2OS. The Hall–Kier alpha value is -1.65. The summed E-state index contributed by atoms with van der Waals surface area (Å²) in [4.78, 5) is 22.0. The van der Waals surface area contributed by atoms with Crippen molar-refractivity contribution >= 4 is 33.2 Å². The van der Waals surface area contributed by atoms with Crippen LogP contribution in [-0.2, 0) is 12.8 Å². The maximum atomic E-state index is 12.4. The lowest BCUT2D eigenvalue weighted by atomic mass is 10.2. The van der Waals surface area contributed by atoms with Gasteiger partial charge in [-0.2, -0.15) is 0 Å². The highest BCUT2D eigenvalue weighted by molar-refractivity contribution is 7.18. The molecule has 0 aliphatic heterocycles. The number of hydrogen-bond donors (Lipinski definition) is 1. The summed E-state index contributed by atoms with van der Waals surface area (Å²) in [5.41, 5.74) is 2.01. The predicted octanol–water partition coefficient (Wildman–Crippen LogP) is 3.79. The number of nitrogens with one attached hydrogen (secondary N) is 1. The Bertz CT molecular complexity index is 881. The summed E-state index contributed by atoms with van der Waals surface area (Å²) in [6.45, 7) is 0. The fraction of sp³-hybridized carbons (Fsp3) is 0.200. The van der Waals surface area contributed by atoms with Crippen LogP contribution in [0, 0.1) is 0 Å². The molecule has 1 aliphatic rings. The second-order valence-corrected chi connectivity index (χ2v) is 6.48. The van der Waals surface area contributed by atoms with Crippen LogP contribution in [0.25, 0.3) is 21.6 Å². The molecule has 0 bridgehead atoms. The fourth-order valence-electron chi connectivity index (χ4n) is 2.77. The van der Waals surface area contributed by atoms with Crippen molar-refractivity contribution in [1.29, 1.82) is 0 Å². The van der Waals surface area contributed by atoms with Crippen molar-refractivity contribution in [2.45, 2.75) is 19.3 Å². The number of aryl methyl sites for hydroxylation is 2. The number of hydrogen-bond acceptors (Lipinski definition) is 3. The molecule has 2 heterocycles. The number of H-pyrrole nitrogens is 1. The van der Waals surface area contributed by atoms with Crippen LogP contribution in [0.2, 0.25) is 5.02 Å². The number of nitrogens with zero attached hydrogens (tertiary/aromatic N) is 1. The monoisotopic (exact) mass is 302 g/mol. The minimum atomic E-state index is -0.0376. The van der Waals surface area contributed by atoms with Gasteiger partial charge in [0.25, 0.3) is 5.56 Å². The van der Waals surface area contributed by atoms with E-state index in [9.17, 15) is 4.79 Å². The Morgan fingerprint density at radius 2 is 2.20 bits per heavy atom. The maximum Gasteiger partial charge on any atom is 0.260 e. The van der Waals surface area contributed by atoms with Gasteiger partial charge in [-0.1, -0.05) is 23.7 Å². The Morgan fingerprint density at radius 1 is 1.30 bits per heavy atom. The lowest BCUT2D eigenvalue weighted by Gasteiger charge is -2.02. The average molecular weight is 303 g/mol. The van der Waals surface area contributed by atoms with Gasteiger partial charge < -0.3 is 4.98 Å². The molecule has 2 aromatic heterocycles. The van der Waals surface area contributed by atoms with E-state index < -0.39 is 0 Å². The number of rotatable bonds is 1. The number of halogens is 1. The molecule has 0 fully saturated rings. The van der Waals surface area contributed by atoms with Gasteiger partial charge in [0, 0.05) is 15.5 Å². The van der Waals surface area contributed by atoms with Crippen molar-refractivity contribution in [3.63, 3.8) is 0 Å². The SMILES string of the molecule is O=c1[nH]c(-c2cccc(Cl)c2)nc2sc3c(c12)CCC3. The topological polar surface area (TPSA) is 45.8 Å². The van der Waals surface area contributed by atoms with E-state index in [0.29, 0.717) is 10.8 Å². The smallest absolute Gasteiger partial charge is 0.260 e. The zero-order chi connectivity index (χ0) is 13.7. The second kappa shape index (κ2) is 4.43. The molecule has 1 aromatic carbocycles. The highest BCUT2D eigenvalue weighted by Gasteiger charge is 2.21. The molecule has 0 radical (unpaired) electrons. The van der Waals surface area contributed by atoms with Gasteiger partial charge in [0.15, 0.2) is 0 Å². The molecule has 1 N–H and O–H groups in total. The average Bonchev–Trinajstić information content (AvgIpc) is 2.98. The zero-order valence-electron chi connectivity index (χ0n) is 10.6. The zero-order valence-corrected chi connectivity index (χ0v) is 12.1. The Labute approximate surface area is 124 Å². The van der Waals surface area contributed by atoms with Crippen LogP contribution in [0.15, 0.2) is 29.1 Å². The van der Waals surface area contributed by atoms with Crippen LogP contribution in [0.5, 0.6) is 0 Å². The predicted molar refractivity (Wildman–Crippen MR) is 82.7 cm³/mol. The van der Waals surface area contributed by atoms with Crippen molar-refractivity contribution in [1.82, 2.24) is 9.97 Å². The molecule has 0 saturated carbocycles. The molecule has 20 heavy (non-hydrogen) atoms. The first-order chi connectivity index (χ1) is 9.72. The van der Waals surface area contributed by atoms with Crippen molar-refractivity contribution in [2.75, 3.05) is 0 Å². The number of benzene rings is 1. The molecule has 0 amide bonds.